The Morgan fingerprint density at radius 3 is 2.38 bits per heavy atom. The van der Waals surface area contributed by atoms with Crippen molar-refractivity contribution in [3.8, 4) is 0 Å². The number of hydrogen-bond acceptors (Lipinski definition) is 6. The summed E-state index contributed by atoms with van der Waals surface area (Å²) in [4.78, 5) is 12.8. The van der Waals surface area contributed by atoms with Crippen LogP contribution in [0, 0.1) is 5.82 Å². The topological polar surface area (TPSA) is 95.7 Å². The molecule has 29 heavy (non-hydrogen) atoms. The zero-order valence-electron chi connectivity index (χ0n) is 14.6. The minimum absolute atomic E-state index is 0.00989. The highest BCUT2D eigenvalue weighted by atomic mass is 35.5. The predicted molar refractivity (Wildman–Crippen MR) is 106 cm³/mol. The van der Waals surface area contributed by atoms with E-state index in [-0.39, 0.29) is 16.1 Å². The Morgan fingerprint density at radius 1 is 1.17 bits per heavy atom. The van der Waals surface area contributed by atoms with Gasteiger partial charge in [-0.3, -0.25) is 4.79 Å². The highest BCUT2D eigenvalue weighted by molar-refractivity contribution is 7.90. The van der Waals surface area contributed by atoms with Crippen molar-refractivity contribution in [1.82, 2.24) is 0 Å². The van der Waals surface area contributed by atoms with Crippen LogP contribution < -0.4 is 5.73 Å². The molecule has 1 heterocycles. The number of Topliss-reactive ketones (excluding diaryl/α,β-unsaturated/α-hetero) is 1. The third-order valence-electron chi connectivity index (χ3n) is 4.22. The Morgan fingerprint density at radius 2 is 1.79 bits per heavy atom. The zero-order valence-corrected chi connectivity index (χ0v) is 16.2. The van der Waals surface area contributed by atoms with Gasteiger partial charge in [-0.05, 0) is 23.3 Å². The normalized spacial score (nSPS) is 19.9. The molecule has 6 radical (unpaired) electrons. The van der Waals surface area contributed by atoms with Crippen molar-refractivity contribution in [2.24, 2.45) is 5.73 Å². The molecular weight excluding hydrogens is 417 g/mol. The molecule has 0 aliphatic carbocycles. The van der Waals surface area contributed by atoms with Crippen molar-refractivity contribution < 1.29 is 26.5 Å². The van der Waals surface area contributed by atoms with E-state index in [9.17, 15) is 17.6 Å². The average molecular weight is 427 g/mol. The van der Waals surface area contributed by atoms with Crippen molar-refractivity contribution in [2.75, 3.05) is 0 Å². The molecule has 0 spiro atoms. The fraction of sp³-hybridized carbons (Fsp3) is 0.118. The van der Waals surface area contributed by atoms with Gasteiger partial charge in [0, 0.05) is 0 Å². The zero-order chi connectivity index (χ0) is 21.6. The van der Waals surface area contributed by atoms with Crippen LogP contribution in [0.3, 0.4) is 0 Å². The van der Waals surface area contributed by atoms with Crippen molar-refractivity contribution in [3.05, 3.63) is 82.1 Å². The molecule has 6 nitrogen and oxygen atoms in total. The predicted octanol–water partition coefficient (Wildman–Crippen LogP) is 1.02. The highest BCUT2D eigenvalue weighted by Gasteiger charge is 2.50. The quantitative estimate of drug-likeness (QED) is 0.566. The fourth-order valence-corrected chi connectivity index (χ4v) is 3.62. The lowest BCUT2D eigenvalue weighted by Gasteiger charge is -2.26. The fourth-order valence-electron chi connectivity index (χ4n) is 2.56. The largest absolute Gasteiger partial charge is 0.467 e. The molecular formula is C17H10B3ClFNO5S. The van der Waals surface area contributed by atoms with Gasteiger partial charge in [0.2, 0.25) is 17.4 Å². The van der Waals surface area contributed by atoms with Crippen molar-refractivity contribution >= 4 is 51.0 Å². The molecule has 0 amide bonds. The SMILES string of the molecule is [B]C1(c2ccc(Cl)c(F)c2)OC(N)=C(OS(=O)(=O)C([B])([B])c2ccccc2)C1=O. The first-order valence-electron chi connectivity index (χ1n) is 7.95. The molecule has 2 aromatic rings. The first kappa shape index (κ1) is 21.3. The van der Waals surface area contributed by atoms with E-state index in [1.54, 1.807) is 6.07 Å². The van der Waals surface area contributed by atoms with Crippen LogP contribution in [0.4, 0.5) is 4.39 Å². The van der Waals surface area contributed by atoms with Crippen LogP contribution in [0.25, 0.3) is 0 Å². The summed E-state index contributed by atoms with van der Waals surface area (Å²) in [5.74, 6) is -3.72. The number of carbonyl (C=O) groups is 1. The van der Waals surface area contributed by atoms with Crippen LogP contribution in [0.5, 0.6) is 0 Å². The second-order valence-corrected chi connectivity index (χ2v) is 8.34. The van der Waals surface area contributed by atoms with Gasteiger partial charge in [0.1, 0.15) is 13.7 Å². The standard InChI is InChI=1S/C17H10B3ClFNO5S/c18-16(10-6-7-11(21)12(22)8-10)14(24)13(15(23)27-16)28-29(25,26)17(19,20)9-4-2-1-3-5-9/h1-8H,23H2. The van der Waals surface area contributed by atoms with E-state index < -0.39 is 43.4 Å². The summed E-state index contributed by atoms with van der Waals surface area (Å²) in [7, 11) is 12.6. The number of ketones is 1. The van der Waals surface area contributed by atoms with Crippen molar-refractivity contribution in [3.63, 3.8) is 0 Å². The molecule has 0 saturated carbocycles. The second-order valence-electron chi connectivity index (χ2n) is 6.19. The summed E-state index contributed by atoms with van der Waals surface area (Å²) in [6.45, 7) is 0. The number of carbonyl (C=O) groups excluding carboxylic acids is 1. The van der Waals surface area contributed by atoms with Crippen LogP contribution in [-0.2, 0) is 33.9 Å². The van der Waals surface area contributed by atoms with E-state index in [1.165, 1.54) is 30.3 Å². The summed E-state index contributed by atoms with van der Waals surface area (Å²) >= 11 is 5.61. The molecule has 1 aliphatic rings. The minimum atomic E-state index is -4.84. The summed E-state index contributed by atoms with van der Waals surface area (Å²) < 4.78 is 46.5. The maximum Gasteiger partial charge on any atom is 0.302 e. The Hall–Kier alpha value is -2.39. The van der Waals surface area contributed by atoms with Crippen LogP contribution >= 0.6 is 11.6 Å². The maximum atomic E-state index is 13.8. The van der Waals surface area contributed by atoms with E-state index in [1.807, 2.05) is 0 Å². The van der Waals surface area contributed by atoms with Gasteiger partial charge in [-0.25, -0.2) is 4.39 Å². The highest BCUT2D eigenvalue weighted by Crippen LogP contribution is 2.38. The number of ether oxygens (including phenoxy) is 1. The lowest BCUT2D eigenvalue weighted by atomic mass is 9.65. The number of halogens is 2. The molecule has 2 N–H and O–H groups in total. The Kier molecular flexibility index (Phi) is 5.25. The molecule has 1 aliphatic heterocycles. The number of nitrogens with two attached hydrogens (primary N) is 1. The molecule has 3 rings (SSSR count). The van der Waals surface area contributed by atoms with E-state index >= 15 is 0 Å². The van der Waals surface area contributed by atoms with Gasteiger partial charge < -0.3 is 14.7 Å². The molecule has 0 saturated heterocycles. The molecule has 2 aromatic carbocycles. The first-order chi connectivity index (χ1) is 13.4. The Labute approximate surface area is 175 Å². The van der Waals surface area contributed by atoms with Gasteiger partial charge in [0.25, 0.3) is 0 Å². The summed E-state index contributed by atoms with van der Waals surface area (Å²) in [5.41, 5.74) is 3.09. The van der Waals surface area contributed by atoms with Crippen LogP contribution in [-0.4, -0.2) is 37.7 Å². The Balaban J connectivity index is 1.95. The maximum absolute atomic E-state index is 13.8. The summed E-state index contributed by atoms with van der Waals surface area (Å²) in [6, 6.07) is 10.6. The van der Waals surface area contributed by atoms with Crippen LogP contribution in [0.2, 0.25) is 5.02 Å². The first-order valence-corrected chi connectivity index (χ1v) is 9.74. The van der Waals surface area contributed by atoms with E-state index in [4.69, 9.17) is 49.8 Å². The number of benzene rings is 2. The number of rotatable bonds is 5. The van der Waals surface area contributed by atoms with E-state index in [2.05, 4.69) is 0 Å². The summed E-state index contributed by atoms with van der Waals surface area (Å²) in [5, 5.41) is -0.221. The molecule has 1 atom stereocenters. The monoisotopic (exact) mass is 427 g/mol. The molecule has 0 bridgehead atoms. The smallest absolute Gasteiger partial charge is 0.302 e. The lowest BCUT2D eigenvalue weighted by Crippen LogP contribution is -2.40. The van der Waals surface area contributed by atoms with Gasteiger partial charge in [0.05, 0.1) is 25.3 Å². The van der Waals surface area contributed by atoms with Crippen LogP contribution in [0.1, 0.15) is 11.1 Å². The van der Waals surface area contributed by atoms with E-state index in [0.717, 1.165) is 12.1 Å². The lowest BCUT2D eigenvalue weighted by molar-refractivity contribution is -0.126. The second kappa shape index (κ2) is 7.14. The van der Waals surface area contributed by atoms with Gasteiger partial charge >= 0.3 is 10.1 Å². The molecule has 142 valence electrons. The third-order valence-corrected chi connectivity index (χ3v) is 5.97. The van der Waals surface area contributed by atoms with Crippen LogP contribution in [0.15, 0.2) is 60.2 Å². The van der Waals surface area contributed by atoms with Gasteiger partial charge in [-0.15, -0.1) is 0 Å². The molecule has 0 fully saturated rings. The van der Waals surface area contributed by atoms with Gasteiger partial charge in [0.15, 0.2) is 5.50 Å². The molecule has 0 aromatic heterocycles. The molecule has 1 unspecified atom stereocenters. The van der Waals surface area contributed by atoms with Crippen molar-refractivity contribution in [2.45, 2.75) is 10.0 Å². The third kappa shape index (κ3) is 3.53. The van der Waals surface area contributed by atoms with Gasteiger partial charge in [-0.2, -0.15) is 8.42 Å². The Bertz CT molecular complexity index is 1130. The van der Waals surface area contributed by atoms with Gasteiger partial charge in [-0.1, -0.05) is 48.0 Å². The average Bonchev–Trinajstić information content (AvgIpc) is 2.88. The summed E-state index contributed by atoms with van der Waals surface area (Å²) in [6.07, 6.45) is 0. The van der Waals surface area contributed by atoms with E-state index in [0.29, 0.717) is 0 Å². The van der Waals surface area contributed by atoms with Crippen molar-refractivity contribution in [1.29, 1.82) is 0 Å². The molecule has 12 heteroatoms. The minimum Gasteiger partial charge on any atom is -0.467 e. The number of hydrogen-bond donors (Lipinski definition) is 1.